The van der Waals surface area contributed by atoms with Crippen molar-refractivity contribution in [3.05, 3.63) is 65.1 Å². The minimum atomic E-state index is -4.44. The zero-order valence-electron chi connectivity index (χ0n) is 18.9. The predicted octanol–water partition coefficient (Wildman–Crippen LogP) is 5.53. The van der Waals surface area contributed by atoms with Gasteiger partial charge in [-0.3, -0.25) is 9.29 Å². The van der Waals surface area contributed by atoms with E-state index in [4.69, 9.17) is 4.74 Å². The van der Waals surface area contributed by atoms with Gasteiger partial charge in [0, 0.05) is 34.7 Å². The molecular formula is C25H28F5N3O. The Morgan fingerprint density at radius 2 is 1.91 bits per heavy atom. The van der Waals surface area contributed by atoms with E-state index in [1.54, 1.807) is 13.0 Å². The number of nitrogens with zero attached hydrogens (tertiary/aromatic N) is 1. The van der Waals surface area contributed by atoms with E-state index in [-0.39, 0.29) is 17.9 Å². The number of ether oxygens (including phenoxy) is 1. The van der Waals surface area contributed by atoms with E-state index in [1.165, 1.54) is 17.0 Å². The van der Waals surface area contributed by atoms with Crippen LogP contribution in [0.5, 0.6) is 5.75 Å². The van der Waals surface area contributed by atoms with Gasteiger partial charge in [-0.2, -0.15) is 13.2 Å². The molecule has 0 spiro atoms. The van der Waals surface area contributed by atoms with Gasteiger partial charge in [0.25, 0.3) is 0 Å². The van der Waals surface area contributed by atoms with E-state index in [9.17, 15) is 17.6 Å². The Balaban J connectivity index is 1.70. The van der Waals surface area contributed by atoms with Gasteiger partial charge < -0.3 is 15.0 Å². The summed E-state index contributed by atoms with van der Waals surface area (Å²) in [5, 5.41) is 3.93. The lowest BCUT2D eigenvalue weighted by Crippen LogP contribution is -2.47. The Bertz CT molecular complexity index is 1110. The molecule has 2 atom stereocenters. The number of benzene rings is 2. The van der Waals surface area contributed by atoms with E-state index in [2.05, 4.69) is 10.3 Å². The fourth-order valence-electron chi connectivity index (χ4n) is 4.70. The molecule has 0 bridgehead atoms. The summed E-state index contributed by atoms with van der Waals surface area (Å²) >= 11 is 0. The molecule has 2 heterocycles. The third-order valence-corrected chi connectivity index (χ3v) is 6.19. The number of para-hydroxylation sites is 1. The number of hydrogen-bond donors (Lipinski definition) is 2. The average Bonchev–Trinajstić information content (AvgIpc) is 3.15. The van der Waals surface area contributed by atoms with E-state index >= 15 is 4.39 Å². The number of alkyl halides is 4. The summed E-state index contributed by atoms with van der Waals surface area (Å²) in [7, 11) is 0. The molecule has 0 radical (unpaired) electrons. The molecule has 3 aromatic rings. The van der Waals surface area contributed by atoms with Crippen LogP contribution in [0.15, 0.2) is 42.5 Å². The Morgan fingerprint density at radius 3 is 2.68 bits per heavy atom. The molecule has 2 aromatic carbocycles. The summed E-state index contributed by atoms with van der Waals surface area (Å²) in [6.45, 7) is 1.20. The second kappa shape index (κ2) is 10.3. The maximum absolute atomic E-state index is 15.7. The quantitative estimate of drug-likeness (QED) is 0.312. The Morgan fingerprint density at radius 1 is 1.12 bits per heavy atom. The van der Waals surface area contributed by atoms with E-state index in [0.29, 0.717) is 31.6 Å². The lowest BCUT2D eigenvalue weighted by atomic mass is 9.88. The molecule has 0 saturated carbocycles. The minimum Gasteiger partial charge on any atom is -0.489 e. The van der Waals surface area contributed by atoms with Crippen molar-refractivity contribution >= 4 is 10.9 Å². The van der Waals surface area contributed by atoms with Crippen molar-refractivity contribution in [2.75, 3.05) is 32.9 Å². The minimum absolute atomic E-state index is 0.0207. The molecule has 4 rings (SSSR count). The summed E-state index contributed by atoms with van der Waals surface area (Å²) in [6.07, 6.45) is -3.63. The summed E-state index contributed by atoms with van der Waals surface area (Å²) in [5.74, 6) is -0.699. The summed E-state index contributed by atoms with van der Waals surface area (Å²) in [5.41, 5.74) is 2.43. The summed E-state index contributed by atoms with van der Waals surface area (Å²) in [4.78, 5) is 4.57. The zero-order chi connectivity index (χ0) is 24.3. The number of H-pyrrole nitrogens is 1. The van der Waals surface area contributed by atoms with Crippen LogP contribution in [-0.2, 0) is 6.42 Å². The maximum Gasteiger partial charge on any atom is 0.401 e. The zero-order valence-corrected chi connectivity index (χ0v) is 18.9. The summed E-state index contributed by atoms with van der Waals surface area (Å²) in [6, 6.07) is 10.7. The second-order valence-electron chi connectivity index (χ2n) is 8.61. The normalized spacial score (nSPS) is 18.9. The molecule has 0 aliphatic carbocycles. The van der Waals surface area contributed by atoms with Crippen LogP contribution in [-0.4, -0.2) is 55.0 Å². The van der Waals surface area contributed by atoms with Gasteiger partial charge in [0.15, 0.2) is 11.6 Å². The van der Waals surface area contributed by atoms with Crippen molar-refractivity contribution in [2.24, 2.45) is 0 Å². The highest BCUT2D eigenvalue weighted by atomic mass is 19.4. The topological polar surface area (TPSA) is 40.3 Å². The van der Waals surface area contributed by atoms with Crippen molar-refractivity contribution in [1.29, 1.82) is 0 Å². The van der Waals surface area contributed by atoms with Crippen LogP contribution in [0.1, 0.15) is 36.2 Å². The molecule has 0 saturated heterocycles. The molecule has 184 valence electrons. The lowest BCUT2D eigenvalue weighted by molar-refractivity contribution is -0.155. The molecule has 34 heavy (non-hydrogen) atoms. The van der Waals surface area contributed by atoms with Gasteiger partial charge in [0.05, 0.1) is 19.3 Å². The molecular weight excluding hydrogens is 453 g/mol. The maximum atomic E-state index is 15.7. The Hall–Kier alpha value is -2.65. The lowest BCUT2D eigenvalue weighted by Gasteiger charge is -2.41. The molecule has 1 aromatic heterocycles. The fourth-order valence-corrected chi connectivity index (χ4v) is 4.70. The number of halogens is 5. The van der Waals surface area contributed by atoms with Crippen LogP contribution in [0, 0.1) is 5.82 Å². The van der Waals surface area contributed by atoms with Crippen molar-refractivity contribution < 1.29 is 26.7 Å². The highest BCUT2D eigenvalue weighted by Crippen LogP contribution is 2.43. The number of fused-ring (bicyclic) bond motifs is 3. The third kappa shape index (κ3) is 5.20. The van der Waals surface area contributed by atoms with Gasteiger partial charge >= 0.3 is 6.18 Å². The molecule has 4 nitrogen and oxygen atoms in total. The van der Waals surface area contributed by atoms with E-state index < -0.39 is 37.3 Å². The van der Waals surface area contributed by atoms with Crippen molar-refractivity contribution in [2.45, 2.75) is 38.0 Å². The number of aromatic nitrogens is 1. The van der Waals surface area contributed by atoms with E-state index in [1.807, 2.05) is 24.3 Å². The Labute approximate surface area is 195 Å². The smallest absolute Gasteiger partial charge is 0.401 e. The van der Waals surface area contributed by atoms with Crippen LogP contribution in [0.4, 0.5) is 22.0 Å². The van der Waals surface area contributed by atoms with Crippen LogP contribution >= 0.6 is 0 Å². The molecule has 9 heteroatoms. The first-order valence-corrected chi connectivity index (χ1v) is 11.4. The van der Waals surface area contributed by atoms with Crippen LogP contribution in [0.2, 0.25) is 0 Å². The van der Waals surface area contributed by atoms with Gasteiger partial charge in [-0.15, -0.1) is 0 Å². The molecule has 1 aliphatic rings. The predicted molar refractivity (Wildman–Crippen MR) is 121 cm³/mol. The van der Waals surface area contributed by atoms with Gasteiger partial charge in [-0.05, 0) is 44.0 Å². The second-order valence-corrected chi connectivity index (χ2v) is 8.61. The van der Waals surface area contributed by atoms with Crippen LogP contribution < -0.4 is 10.1 Å². The first kappa shape index (κ1) is 24.5. The molecule has 0 amide bonds. The first-order valence-electron chi connectivity index (χ1n) is 11.4. The van der Waals surface area contributed by atoms with Crippen molar-refractivity contribution in [3.8, 4) is 5.75 Å². The standard InChI is InChI=1S/C25H28F5N3O/c1-16-14-19-17-6-2-3-8-20(17)32-23(19)24(33(16)15-25(28,29)30)18-7-4-9-21(22(18)27)34-13-12-31-11-5-10-26/h2-4,6-9,16,24,31-32H,5,10-15H2,1H3/t16-,24?/m1/s1. The molecule has 0 fully saturated rings. The SMILES string of the molecule is C[C@@H]1Cc2c([nH]c3ccccc23)C(c2cccc(OCCNCCCF)c2F)N1CC(F)(F)F. The fraction of sp³-hybridized carbons (Fsp3) is 0.440. The van der Waals surface area contributed by atoms with Gasteiger partial charge in [-0.1, -0.05) is 30.3 Å². The number of hydrogen-bond acceptors (Lipinski definition) is 3. The third-order valence-electron chi connectivity index (χ3n) is 6.19. The largest absolute Gasteiger partial charge is 0.489 e. The van der Waals surface area contributed by atoms with Crippen LogP contribution in [0.25, 0.3) is 10.9 Å². The van der Waals surface area contributed by atoms with Gasteiger partial charge in [0.2, 0.25) is 0 Å². The number of rotatable bonds is 9. The van der Waals surface area contributed by atoms with Crippen molar-refractivity contribution in [1.82, 2.24) is 15.2 Å². The summed E-state index contributed by atoms with van der Waals surface area (Å²) < 4.78 is 74.1. The first-order chi connectivity index (χ1) is 16.3. The van der Waals surface area contributed by atoms with E-state index in [0.717, 1.165) is 16.5 Å². The van der Waals surface area contributed by atoms with Crippen LogP contribution in [0.3, 0.4) is 0 Å². The monoisotopic (exact) mass is 481 g/mol. The van der Waals surface area contributed by atoms with Gasteiger partial charge in [-0.25, -0.2) is 4.39 Å². The van der Waals surface area contributed by atoms with Gasteiger partial charge in [0.1, 0.15) is 6.61 Å². The molecule has 1 unspecified atom stereocenters. The van der Waals surface area contributed by atoms with Crippen molar-refractivity contribution in [3.63, 3.8) is 0 Å². The highest BCUT2D eigenvalue weighted by Gasteiger charge is 2.43. The average molecular weight is 482 g/mol. The molecule has 2 N–H and O–H groups in total. The number of nitrogens with one attached hydrogen (secondary N) is 2. The molecule has 1 aliphatic heterocycles. The number of aromatic amines is 1. The highest BCUT2D eigenvalue weighted by molar-refractivity contribution is 5.85. The Kier molecular flexibility index (Phi) is 7.42.